The summed E-state index contributed by atoms with van der Waals surface area (Å²) in [6.07, 6.45) is 3.82. The predicted molar refractivity (Wildman–Crippen MR) is 73.6 cm³/mol. The molecule has 11 nitrogen and oxygen atoms in total. The van der Waals surface area contributed by atoms with Crippen LogP contribution in [0.1, 0.15) is 5.56 Å². The first-order valence-electron chi connectivity index (χ1n) is 5.95. The Labute approximate surface area is 128 Å². The van der Waals surface area contributed by atoms with E-state index in [1.807, 2.05) is 24.5 Å². The molecule has 0 saturated heterocycles. The van der Waals surface area contributed by atoms with E-state index in [1.165, 1.54) is 5.56 Å². The van der Waals surface area contributed by atoms with Gasteiger partial charge < -0.3 is 5.11 Å². The van der Waals surface area contributed by atoms with E-state index in [1.54, 1.807) is 0 Å². The highest BCUT2D eigenvalue weighted by Gasteiger charge is 2.24. The summed E-state index contributed by atoms with van der Waals surface area (Å²) in [6, 6.07) is 4.82. The maximum absolute atomic E-state index is 11.1. The van der Waals surface area contributed by atoms with Crippen LogP contribution in [-0.2, 0) is 0 Å². The largest absolute Gasteiger partial charge is 0.863 e. The normalized spacial score (nSPS) is 9.43. The number of nitrogens with one attached hydrogen (secondary N) is 1. The molecule has 0 saturated carbocycles. The van der Waals surface area contributed by atoms with Gasteiger partial charge in [-0.3, -0.25) is 30.3 Å². The molecule has 0 bridgehead atoms. The van der Waals surface area contributed by atoms with Crippen molar-refractivity contribution in [1.29, 1.82) is 0 Å². The summed E-state index contributed by atoms with van der Waals surface area (Å²) < 4.78 is 0. The van der Waals surface area contributed by atoms with Crippen LogP contribution in [0.25, 0.3) is 0 Å². The number of aryl methyl sites for hydroxylation is 1. The zero-order valence-corrected chi connectivity index (χ0v) is 11.7. The third-order valence-electron chi connectivity index (χ3n) is 2.52. The Morgan fingerprint density at radius 3 is 1.57 bits per heavy atom. The first-order valence-corrected chi connectivity index (χ1v) is 5.95. The lowest BCUT2D eigenvalue weighted by Crippen LogP contribution is -2.04. The van der Waals surface area contributed by atoms with Crippen LogP contribution in [0.5, 0.6) is 5.75 Å². The Morgan fingerprint density at radius 2 is 1.30 bits per heavy atom. The van der Waals surface area contributed by atoms with E-state index in [0.29, 0.717) is 12.1 Å². The van der Waals surface area contributed by atoms with E-state index in [4.69, 9.17) is 0 Å². The number of aromatic amines is 1. The van der Waals surface area contributed by atoms with E-state index < -0.39 is 37.6 Å². The lowest BCUT2D eigenvalue weighted by Gasteiger charge is -2.06. The topological polar surface area (TPSA) is 167 Å². The van der Waals surface area contributed by atoms with Crippen LogP contribution >= 0.6 is 0 Å². The molecule has 0 aliphatic carbocycles. The summed E-state index contributed by atoms with van der Waals surface area (Å²) in [7, 11) is 0. The molecule has 2 aromatic rings. The second-order valence-electron chi connectivity index (χ2n) is 4.16. The summed E-state index contributed by atoms with van der Waals surface area (Å²) in [4.78, 5) is 30.4. The molecular weight excluding hydrogens is 312 g/mol. The molecule has 11 heteroatoms. The number of H-pyrrole nitrogens is 1. The minimum absolute atomic E-state index is 0.384. The average molecular weight is 322 g/mol. The van der Waals surface area contributed by atoms with Crippen LogP contribution in [-0.4, -0.2) is 14.8 Å². The van der Waals surface area contributed by atoms with Crippen LogP contribution in [0.4, 0.5) is 17.1 Å². The minimum Gasteiger partial charge on any atom is -0.863 e. The summed E-state index contributed by atoms with van der Waals surface area (Å²) in [5.74, 6) is -1.46. The lowest BCUT2D eigenvalue weighted by molar-refractivity contribution is -0.420. The number of nitrogens with zero attached hydrogens (tertiary/aromatic N) is 3. The molecule has 2 rings (SSSR count). The fraction of sp³-hybridized carbons (Fsp3) is 0.0833. The Bertz CT molecular complexity index is 713. The molecule has 0 unspecified atom stereocenters. The van der Waals surface area contributed by atoms with Gasteiger partial charge in [0.2, 0.25) is 0 Å². The monoisotopic (exact) mass is 322 g/mol. The number of nitro benzene ring substituents is 3. The van der Waals surface area contributed by atoms with Crippen molar-refractivity contribution < 1.29 is 24.9 Å². The number of aromatic nitrogens is 1. The first-order chi connectivity index (χ1) is 10.7. The van der Waals surface area contributed by atoms with Crippen molar-refractivity contribution in [3.05, 3.63) is 72.6 Å². The van der Waals surface area contributed by atoms with Crippen LogP contribution in [0.15, 0.2) is 36.7 Å². The van der Waals surface area contributed by atoms with Gasteiger partial charge in [-0.05, 0) is 12.5 Å². The number of non-ortho nitro benzene ring substituents is 1. The third-order valence-corrected chi connectivity index (χ3v) is 2.52. The molecule has 1 heterocycles. The maximum atomic E-state index is 11.1. The highest BCUT2D eigenvalue weighted by molar-refractivity contribution is 5.63. The Hall–Kier alpha value is -3.63. The van der Waals surface area contributed by atoms with E-state index >= 15 is 0 Å². The van der Waals surface area contributed by atoms with Gasteiger partial charge in [0.25, 0.3) is 17.1 Å². The SMILES string of the molecule is Cc1cc[nH+]cc1.O=[N+]([O-])c1cc([N+](=O)[O-])c([O-])c([N+](=O)[O-])c1. The molecule has 0 aliphatic rings. The highest BCUT2D eigenvalue weighted by Crippen LogP contribution is 2.36. The van der Waals surface area contributed by atoms with Crippen molar-refractivity contribution in [3.63, 3.8) is 0 Å². The van der Waals surface area contributed by atoms with Gasteiger partial charge in [-0.15, -0.1) is 0 Å². The quantitative estimate of drug-likeness (QED) is 0.605. The lowest BCUT2D eigenvalue weighted by atomic mass is 10.2. The Balaban J connectivity index is 0.000000313. The molecule has 0 spiro atoms. The fourth-order valence-electron chi connectivity index (χ4n) is 1.43. The summed E-state index contributed by atoms with van der Waals surface area (Å²) >= 11 is 0. The van der Waals surface area contributed by atoms with Gasteiger partial charge in [0.15, 0.2) is 12.4 Å². The minimum atomic E-state index is -1.46. The van der Waals surface area contributed by atoms with E-state index in [2.05, 4.69) is 11.9 Å². The highest BCUT2D eigenvalue weighted by atomic mass is 16.6. The van der Waals surface area contributed by atoms with Crippen molar-refractivity contribution in [2.45, 2.75) is 6.92 Å². The van der Waals surface area contributed by atoms with Gasteiger partial charge in [0.1, 0.15) is 0 Å². The molecule has 1 aromatic heterocycles. The van der Waals surface area contributed by atoms with Gasteiger partial charge in [-0.25, -0.2) is 4.98 Å². The van der Waals surface area contributed by atoms with Crippen LogP contribution in [0.2, 0.25) is 0 Å². The van der Waals surface area contributed by atoms with Gasteiger partial charge >= 0.3 is 0 Å². The van der Waals surface area contributed by atoms with Gasteiger partial charge in [-0.2, -0.15) is 0 Å². The fourth-order valence-corrected chi connectivity index (χ4v) is 1.43. The molecule has 1 N–H and O–H groups in total. The molecule has 0 radical (unpaired) electrons. The van der Waals surface area contributed by atoms with Crippen LogP contribution in [0.3, 0.4) is 0 Å². The molecule has 0 amide bonds. The molecule has 23 heavy (non-hydrogen) atoms. The van der Waals surface area contributed by atoms with E-state index in [0.717, 1.165) is 0 Å². The van der Waals surface area contributed by atoms with Gasteiger partial charge in [0.05, 0.1) is 32.7 Å². The molecule has 0 atom stereocenters. The zero-order valence-electron chi connectivity index (χ0n) is 11.7. The molecule has 0 fully saturated rings. The second-order valence-corrected chi connectivity index (χ2v) is 4.16. The Kier molecular flexibility index (Phi) is 5.60. The van der Waals surface area contributed by atoms with Gasteiger partial charge in [0, 0.05) is 12.1 Å². The Morgan fingerprint density at radius 1 is 0.870 bits per heavy atom. The average Bonchev–Trinajstić information content (AvgIpc) is 2.48. The smallest absolute Gasteiger partial charge is 0.283 e. The van der Waals surface area contributed by atoms with E-state index in [9.17, 15) is 35.4 Å². The molecule has 1 aromatic carbocycles. The first kappa shape index (κ1) is 17.4. The van der Waals surface area contributed by atoms with E-state index in [-0.39, 0.29) is 0 Å². The molecule has 120 valence electrons. The van der Waals surface area contributed by atoms with Gasteiger partial charge in [-0.1, -0.05) is 0 Å². The summed E-state index contributed by atoms with van der Waals surface area (Å²) in [5.41, 5.74) is -1.97. The predicted octanol–water partition coefficient (Wildman–Crippen LogP) is 1.29. The number of pyridine rings is 1. The maximum Gasteiger partial charge on any atom is 0.283 e. The van der Waals surface area contributed by atoms with Crippen LogP contribution < -0.4 is 10.1 Å². The summed E-state index contributed by atoms with van der Waals surface area (Å²) in [6.45, 7) is 2.06. The summed E-state index contributed by atoms with van der Waals surface area (Å²) in [5, 5.41) is 42.1. The molecular formula is C12H10N4O7. The van der Waals surface area contributed by atoms with Crippen molar-refractivity contribution in [2.24, 2.45) is 0 Å². The second kappa shape index (κ2) is 7.40. The van der Waals surface area contributed by atoms with Crippen molar-refractivity contribution in [2.75, 3.05) is 0 Å². The van der Waals surface area contributed by atoms with Crippen LogP contribution in [0, 0.1) is 37.3 Å². The molecule has 0 aliphatic heterocycles. The number of nitro groups is 3. The standard InChI is InChI=1S/C6H3N3O7.C6H7N/c10-6-4(8(13)14)1-3(7(11)12)2-5(6)9(15)16;1-6-2-4-7-5-3-6/h1-2,10H;2-5H,1H3. The zero-order chi connectivity index (χ0) is 17.6. The number of benzene rings is 1. The third kappa shape index (κ3) is 4.70. The number of hydrogen-bond donors (Lipinski definition) is 0. The number of hydrogen-bond acceptors (Lipinski definition) is 7. The van der Waals surface area contributed by atoms with Crippen molar-refractivity contribution in [3.8, 4) is 5.75 Å². The van der Waals surface area contributed by atoms with Crippen molar-refractivity contribution in [1.82, 2.24) is 0 Å². The number of rotatable bonds is 3. The van der Waals surface area contributed by atoms with Crippen molar-refractivity contribution >= 4 is 17.1 Å².